The number of aromatic nitrogens is 2. The van der Waals surface area contributed by atoms with Crippen LogP contribution in [0, 0.1) is 5.41 Å². The first-order chi connectivity index (χ1) is 17.5. The van der Waals surface area contributed by atoms with Gasteiger partial charge in [-0.25, -0.2) is 9.89 Å². The summed E-state index contributed by atoms with van der Waals surface area (Å²) in [6, 6.07) is 18.2. The van der Waals surface area contributed by atoms with Gasteiger partial charge in [0.05, 0.1) is 5.69 Å². The number of nitrogens with one attached hydrogen (secondary N) is 2. The fourth-order valence-electron chi connectivity index (χ4n) is 3.85. The number of aromatic amines is 1. The molecule has 0 radical (unpaired) electrons. The molecule has 1 amide bonds. The molecule has 5 N–H and O–H groups in total. The molecule has 0 bridgehead atoms. The van der Waals surface area contributed by atoms with E-state index in [0.717, 1.165) is 24.0 Å². The van der Waals surface area contributed by atoms with E-state index in [0.29, 0.717) is 30.3 Å². The standard InChI is InChI=1S/C23H23N5O2.C2HF3O2/c24-22(25)19-3-1-2-18(14-19)15-10-12-28(13-11-15)23(30)17-6-4-16(5-7-17)20-8-9-21(29)27-26-20;3-2(4,5)1(6)7/h1-9,14-15H,10-13H2,(H3,24,25)(H,27,29);(H,6,7). The van der Waals surface area contributed by atoms with E-state index in [1.165, 1.54) is 11.6 Å². The molecule has 37 heavy (non-hydrogen) atoms. The Morgan fingerprint density at radius 3 is 2.16 bits per heavy atom. The summed E-state index contributed by atoms with van der Waals surface area (Å²) in [7, 11) is 0. The third-order valence-corrected chi connectivity index (χ3v) is 5.80. The third-order valence-electron chi connectivity index (χ3n) is 5.80. The normalized spacial score (nSPS) is 13.9. The molecule has 1 aliphatic rings. The Morgan fingerprint density at radius 2 is 1.65 bits per heavy atom. The second-order valence-electron chi connectivity index (χ2n) is 8.29. The molecule has 12 heteroatoms. The second kappa shape index (κ2) is 11.5. The average molecular weight is 515 g/mol. The van der Waals surface area contributed by atoms with E-state index in [1.807, 2.05) is 35.2 Å². The van der Waals surface area contributed by atoms with E-state index >= 15 is 0 Å². The summed E-state index contributed by atoms with van der Waals surface area (Å²) in [4.78, 5) is 34.8. The number of hydrogen-bond donors (Lipinski definition) is 4. The molecule has 3 aromatic rings. The van der Waals surface area contributed by atoms with Crippen molar-refractivity contribution in [3.05, 3.63) is 87.7 Å². The predicted molar refractivity (Wildman–Crippen MR) is 129 cm³/mol. The summed E-state index contributed by atoms with van der Waals surface area (Å²) in [6.07, 6.45) is -3.32. The lowest BCUT2D eigenvalue weighted by Gasteiger charge is -2.32. The topological polar surface area (TPSA) is 153 Å². The van der Waals surface area contributed by atoms with Crippen molar-refractivity contribution in [3.8, 4) is 11.3 Å². The molecule has 0 spiro atoms. The van der Waals surface area contributed by atoms with Crippen LogP contribution in [0.4, 0.5) is 13.2 Å². The van der Waals surface area contributed by atoms with Crippen molar-refractivity contribution in [2.45, 2.75) is 24.9 Å². The van der Waals surface area contributed by atoms with Crippen molar-refractivity contribution < 1.29 is 27.9 Å². The molecule has 2 aromatic carbocycles. The van der Waals surface area contributed by atoms with Gasteiger partial charge in [-0.3, -0.25) is 15.0 Å². The number of carboxylic acids is 1. The molecular weight excluding hydrogens is 491 g/mol. The molecule has 0 saturated carbocycles. The van der Waals surface area contributed by atoms with Crippen molar-refractivity contribution in [1.29, 1.82) is 5.41 Å². The molecule has 0 aliphatic carbocycles. The summed E-state index contributed by atoms with van der Waals surface area (Å²) in [5, 5.41) is 21.2. The number of benzene rings is 2. The number of halogens is 3. The van der Waals surface area contributed by atoms with E-state index in [2.05, 4.69) is 16.3 Å². The van der Waals surface area contributed by atoms with Gasteiger partial charge < -0.3 is 15.7 Å². The molecular formula is C25H24F3N5O4. The summed E-state index contributed by atoms with van der Waals surface area (Å²) in [5.41, 5.74) is 9.40. The average Bonchev–Trinajstić information content (AvgIpc) is 2.89. The summed E-state index contributed by atoms with van der Waals surface area (Å²) < 4.78 is 31.7. The molecule has 194 valence electrons. The highest BCUT2D eigenvalue weighted by Crippen LogP contribution is 2.29. The lowest BCUT2D eigenvalue weighted by Crippen LogP contribution is -2.37. The van der Waals surface area contributed by atoms with Crippen LogP contribution in [-0.4, -0.2) is 57.2 Å². The number of H-pyrrole nitrogens is 1. The molecule has 1 fully saturated rings. The number of nitrogens with zero attached hydrogens (tertiary/aromatic N) is 2. The van der Waals surface area contributed by atoms with E-state index in [-0.39, 0.29) is 17.3 Å². The molecule has 0 atom stereocenters. The van der Waals surface area contributed by atoms with Crippen LogP contribution in [0.15, 0.2) is 65.5 Å². The Bertz CT molecular complexity index is 1310. The van der Waals surface area contributed by atoms with Crippen molar-refractivity contribution in [3.63, 3.8) is 0 Å². The van der Waals surface area contributed by atoms with Crippen LogP contribution in [0.1, 0.15) is 40.2 Å². The van der Waals surface area contributed by atoms with Crippen molar-refractivity contribution in [1.82, 2.24) is 15.1 Å². The lowest BCUT2D eigenvalue weighted by molar-refractivity contribution is -0.192. The van der Waals surface area contributed by atoms with Crippen molar-refractivity contribution >= 4 is 17.7 Å². The molecule has 1 aliphatic heterocycles. The van der Waals surface area contributed by atoms with Crippen LogP contribution in [-0.2, 0) is 4.79 Å². The summed E-state index contributed by atoms with van der Waals surface area (Å²) in [6.45, 7) is 1.38. The highest BCUT2D eigenvalue weighted by molar-refractivity contribution is 5.95. The number of likely N-dealkylation sites (tertiary alicyclic amines) is 1. The van der Waals surface area contributed by atoms with E-state index in [4.69, 9.17) is 21.0 Å². The molecule has 2 heterocycles. The first kappa shape index (κ1) is 27.1. The quantitative estimate of drug-likeness (QED) is 0.309. The highest BCUT2D eigenvalue weighted by atomic mass is 19.4. The lowest BCUT2D eigenvalue weighted by atomic mass is 9.88. The van der Waals surface area contributed by atoms with E-state index in [9.17, 15) is 22.8 Å². The molecule has 1 aromatic heterocycles. The molecule has 0 unspecified atom stereocenters. The first-order valence-corrected chi connectivity index (χ1v) is 11.2. The second-order valence-corrected chi connectivity index (χ2v) is 8.29. The van der Waals surface area contributed by atoms with Crippen LogP contribution in [0.25, 0.3) is 11.3 Å². The van der Waals surface area contributed by atoms with Crippen molar-refractivity contribution in [2.75, 3.05) is 13.1 Å². The fourth-order valence-corrected chi connectivity index (χ4v) is 3.85. The maximum Gasteiger partial charge on any atom is 0.490 e. The van der Waals surface area contributed by atoms with Gasteiger partial charge in [0.2, 0.25) is 0 Å². The zero-order valence-electron chi connectivity index (χ0n) is 19.5. The summed E-state index contributed by atoms with van der Waals surface area (Å²) in [5.74, 6) is -2.30. The van der Waals surface area contributed by atoms with Crippen LogP contribution in [0.5, 0.6) is 0 Å². The van der Waals surface area contributed by atoms with E-state index in [1.54, 1.807) is 18.2 Å². The number of hydrogen-bond acceptors (Lipinski definition) is 5. The van der Waals surface area contributed by atoms with Gasteiger partial charge in [0.1, 0.15) is 5.84 Å². The van der Waals surface area contributed by atoms with Crippen LogP contribution >= 0.6 is 0 Å². The maximum atomic E-state index is 12.9. The number of carboxylic acid groups (broad SMARTS) is 1. The van der Waals surface area contributed by atoms with Crippen molar-refractivity contribution in [2.24, 2.45) is 5.73 Å². The molecule has 4 rings (SSSR count). The number of carbonyl (C=O) groups is 2. The number of rotatable bonds is 4. The minimum absolute atomic E-state index is 0.0203. The fraction of sp³-hybridized carbons (Fsp3) is 0.240. The van der Waals surface area contributed by atoms with Crippen LogP contribution < -0.4 is 11.3 Å². The first-order valence-electron chi connectivity index (χ1n) is 11.2. The number of alkyl halides is 3. The SMILES string of the molecule is N=C(N)c1cccc(C2CCN(C(=O)c3ccc(-c4ccc(=O)[nH]n4)cc3)CC2)c1.O=C(O)C(F)(F)F. The molecule has 9 nitrogen and oxygen atoms in total. The van der Waals surface area contributed by atoms with Gasteiger partial charge in [-0.05, 0) is 48.6 Å². The van der Waals surface area contributed by atoms with Gasteiger partial charge in [-0.15, -0.1) is 0 Å². The monoisotopic (exact) mass is 515 g/mol. The Hall–Kier alpha value is -4.48. The van der Waals surface area contributed by atoms with Gasteiger partial charge >= 0.3 is 12.1 Å². The summed E-state index contributed by atoms with van der Waals surface area (Å²) >= 11 is 0. The number of nitrogen functional groups attached to an aromatic ring is 1. The van der Waals surface area contributed by atoms with Gasteiger partial charge in [0.25, 0.3) is 11.5 Å². The third kappa shape index (κ3) is 7.26. The van der Waals surface area contributed by atoms with Gasteiger partial charge in [-0.2, -0.15) is 18.3 Å². The van der Waals surface area contributed by atoms with Gasteiger partial charge in [0, 0.05) is 35.8 Å². The number of aliphatic carboxylic acids is 1. The van der Waals surface area contributed by atoms with Gasteiger partial charge in [-0.1, -0.05) is 30.3 Å². The number of nitrogens with two attached hydrogens (primary N) is 1. The smallest absolute Gasteiger partial charge is 0.475 e. The maximum absolute atomic E-state index is 12.9. The number of carbonyl (C=O) groups excluding carboxylic acids is 1. The molecule has 1 saturated heterocycles. The van der Waals surface area contributed by atoms with E-state index < -0.39 is 12.1 Å². The Kier molecular flexibility index (Phi) is 8.43. The largest absolute Gasteiger partial charge is 0.490 e. The number of amides is 1. The van der Waals surface area contributed by atoms with Gasteiger partial charge in [0.15, 0.2) is 0 Å². The Morgan fingerprint density at radius 1 is 1.03 bits per heavy atom. The number of piperidine rings is 1. The zero-order valence-corrected chi connectivity index (χ0v) is 19.5. The van der Waals surface area contributed by atoms with Crippen LogP contribution in [0.3, 0.4) is 0 Å². The number of amidine groups is 1. The Labute approximate surface area is 209 Å². The minimum Gasteiger partial charge on any atom is -0.475 e. The highest BCUT2D eigenvalue weighted by Gasteiger charge is 2.38. The zero-order chi connectivity index (χ0) is 27.2. The Balaban J connectivity index is 0.000000479. The van der Waals surface area contributed by atoms with Crippen LogP contribution in [0.2, 0.25) is 0 Å². The minimum atomic E-state index is -5.08. The predicted octanol–water partition coefficient (Wildman–Crippen LogP) is 3.37.